The smallest absolute Gasteiger partial charge is 0.258 e. The van der Waals surface area contributed by atoms with Gasteiger partial charge in [-0.3, -0.25) is 4.90 Å². The first kappa shape index (κ1) is 14.0. The van der Waals surface area contributed by atoms with Gasteiger partial charge in [-0.25, -0.2) is 8.78 Å². The Morgan fingerprint density at radius 3 is 2.58 bits per heavy atom. The summed E-state index contributed by atoms with van der Waals surface area (Å²) in [5.41, 5.74) is 0.414. The van der Waals surface area contributed by atoms with Crippen molar-refractivity contribution in [1.29, 1.82) is 0 Å². The van der Waals surface area contributed by atoms with Gasteiger partial charge in [0, 0.05) is 37.8 Å². The van der Waals surface area contributed by atoms with Gasteiger partial charge in [-0.15, -0.1) is 0 Å². The quantitative estimate of drug-likeness (QED) is 0.874. The summed E-state index contributed by atoms with van der Waals surface area (Å²) in [6.45, 7) is 2.53. The highest BCUT2D eigenvalue weighted by Crippen LogP contribution is 2.35. The highest BCUT2D eigenvalue weighted by atomic mass is 19.3. The minimum atomic E-state index is -2.50. The van der Waals surface area contributed by atoms with Crippen molar-refractivity contribution in [3.8, 4) is 11.5 Å². The molecule has 1 atom stereocenters. The fourth-order valence-corrected chi connectivity index (χ4v) is 2.40. The number of methoxy groups -OCH3 is 1. The van der Waals surface area contributed by atoms with Gasteiger partial charge in [0.1, 0.15) is 11.5 Å². The zero-order chi connectivity index (χ0) is 13.8. The second kappa shape index (κ2) is 6.16. The van der Waals surface area contributed by atoms with Gasteiger partial charge < -0.3 is 15.2 Å². The van der Waals surface area contributed by atoms with Crippen LogP contribution in [0.4, 0.5) is 8.78 Å². The molecule has 0 saturated carbocycles. The van der Waals surface area contributed by atoms with Crippen LogP contribution in [0.15, 0.2) is 18.2 Å². The molecule has 0 bridgehead atoms. The van der Waals surface area contributed by atoms with E-state index in [9.17, 15) is 13.9 Å². The van der Waals surface area contributed by atoms with Crippen molar-refractivity contribution in [2.24, 2.45) is 0 Å². The van der Waals surface area contributed by atoms with Crippen molar-refractivity contribution in [2.45, 2.75) is 12.5 Å². The Balaban J connectivity index is 2.32. The van der Waals surface area contributed by atoms with Crippen molar-refractivity contribution < 1.29 is 18.6 Å². The first-order chi connectivity index (χ1) is 9.13. The predicted molar refractivity (Wildman–Crippen MR) is 67.8 cm³/mol. The molecule has 0 aromatic heterocycles. The molecule has 2 rings (SSSR count). The number of alkyl halides is 2. The second-order valence-electron chi connectivity index (χ2n) is 4.49. The monoisotopic (exact) mass is 272 g/mol. The van der Waals surface area contributed by atoms with Crippen LogP contribution in [0.25, 0.3) is 0 Å². The van der Waals surface area contributed by atoms with Crippen LogP contribution < -0.4 is 10.1 Å². The van der Waals surface area contributed by atoms with E-state index in [0.29, 0.717) is 37.5 Å². The van der Waals surface area contributed by atoms with E-state index >= 15 is 0 Å². The minimum Gasteiger partial charge on any atom is -0.508 e. The number of ether oxygens (including phenoxy) is 1. The zero-order valence-corrected chi connectivity index (χ0v) is 10.8. The van der Waals surface area contributed by atoms with Crippen molar-refractivity contribution in [3.63, 3.8) is 0 Å². The molecule has 19 heavy (non-hydrogen) atoms. The van der Waals surface area contributed by atoms with Gasteiger partial charge in [0.05, 0.1) is 13.2 Å². The first-order valence-corrected chi connectivity index (χ1v) is 6.23. The summed E-state index contributed by atoms with van der Waals surface area (Å²) in [5.74, 6) is 0.303. The molecule has 0 aliphatic carbocycles. The Kier molecular flexibility index (Phi) is 4.55. The summed E-state index contributed by atoms with van der Waals surface area (Å²) in [7, 11) is 1.42. The fraction of sp³-hybridized carbons (Fsp3) is 0.538. The fourth-order valence-electron chi connectivity index (χ4n) is 2.40. The van der Waals surface area contributed by atoms with E-state index in [2.05, 4.69) is 5.32 Å². The summed E-state index contributed by atoms with van der Waals surface area (Å²) < 4.78 is 31.9. The predicted octanol–water partition coefficient (Wildman–Crippen LogP) is 1.61. The molecule has 1 aromatic carbocycles. The molecule has 2 N–H and O–H groups in total. The van der Waals surface area contributed by atoms with Crippen LogP contribution in [0.5, 0.6) is 11.5 Å². The van der Waals surface area contributed by atoms with Crippen molar-refractivity contribution in [1.82, 2.24) is 10.2 Å². The molecule has 1 aliphatic rings. The SMILES string of the molecule is COc1cc(O)ccc1[C@@H](C(F)F)N1CCNCC1. The Labute approximate surface area is 111 Å². The van der Waals surface area contributed by atoms with Crippen LogP contribution in [0.2, 0.25) is 0 Å². The molecule has 0 spiro atoms. The van der Waals surface area contributed by atoms with Crippen LogP contribution in [-0.2, 0) is 0 Å². The van der Waals surface area contributed by atoms with Gasteiger partial charge >= 0.3 is 0 Å². The molecule has 6 heteroatoms. The summed E-state index contributed by atoms with van der Waals surface area (Å²) in [4.78, 5) is 1.75. The lowest BCUT2D eigenvalue weighted by Gasteiger charge is -2.35. The van der Waals surface area contributed by atoms with Gasteiger partial charge in [-0.2, -0.15) is 0 Å². The van der Waals surface area contributed by atoms with E-state index in [1.807, 2.05) is 0 Å². The number of phenolic OH excluding ortho intramolecular Hbond substituents is 1. The third-order valence-corrected chi connectivity index (χ3v) is 3.32. The van der Waals surface area contributed by atoms with Crippen LogP contribution in [0.1, 0.15) is 11.6 Å². The standard InChI is InChI=1S/C13H18F2N2O2/c1-19-11-8-9(18)2-3-10(11)12(13(14)15)17-6-4-16-5-7-17/h2-3,8,12-13,16,18H,4-7H2,1H3/t12-/m0/s1. The molecular weight excluding hydrogens is 254 g/mol. The highest BCUT2D eigenvalue weighted by molar-refractivity contribution is 5.42. The Bertz CT molecular complexity index is 423. The van der Waals surface area contributed by atoms with E-state index in [4.69, 9.17) is 4.74 Å². The van der Waals surface area contributed by atoms with E-state index < -0.39 is 12.5 Å². The largest absolute Gasteiger partial charge is 0.508 e. The normalized spacial score (nSPS) is 18.5. The van der Waals surface area contributed by atoms with E-state index in [1.165, 1.54) is 25.3 Å². The molecular formula is C13H18F2N2O2. The Morgan fingerprint density at radius 2 is 2.00 bits per heavy atom. The van der Waals surface area contributed by atoms with Gasteiger partial charge in [0.25, 0.3) is 6.43 Å². The number of rotatable bonds is 4. The van der Waals surface area contributed by atoms with Gasteiger partial charge in [-0.05, 0) is 12.1 Å². The topological polar surface area (TPSA) is 44.7 Å². The van der Waals surface area contributed by atoms with Gasteiger partial charge in [0.2, 0.25) is 0 Å². The second-order valence-corrected chi connectivity index (χ2v) is 4.49. The van der Waals surface area contributed by atoms with E-state index in [0.717, 1.165) is 0 Å². The number of nitrogens with one attached hydrogen (secondary N) is 1. The van der Waals surface area contributed by atoms with Crippen LogP contribution in [0, 0.1) is 0 Å². The number of piperazine rings is 1. The molecule has 0 unspecified atom stereocenters. The summed E-state index contributed by atoms with van der Waals surface area (Å²) >= 11 is 0. The molecule has 1 saturated heterocycles. The highest BCUT2D eigenvalue weighted by Gasteiger charge is 2.32. The average molecular weight is 272 g/mol. The average Bonchev–Trinajstić information content (AvgIpc) is 2.41. The van der Waals surface area contributed by atoms with Crippen LogP contribution in [0.3, 0.4) is 0 Å². The maximum absolute atomic E-state index is 13.4. The first-order valence-electron chi connectivity index (χ1n) is 6.23. The third kappa shape index (κ3) is 3.13. The number of phenols is 1. The molecule has 106 valence electrons. The van der Waals surface area contributed by atoms with Gasteiger partial charge in [0.15, 0.2) is 0 Å². The van der Waals surface area contributed by atoms with Crippen LogP contribution in [-0.4, -0.2) is 49.7 Å². The minimum absolute atomic E-state index is 0.00827. The molecule has 1 fully saturated rings. The number of aromatic hydroxyl groups is 1. The lowest BCUT2D eigenvalue weighted by Crippen LogP contribution is -2.47. The summed E-state index contributed by atoms with van der Waals surface area (Å²) in [6.07, 6.45) is -2.50. The van der Waals surface area contributed by atoms with Crippen molar-refractivity contribution in [2.75, 3.05) is 33.3 Å². The molecule has 1 aliphatic heterocycles. The van der Waals surface area contributed by atoms with E-state index in [1.54, 1.807) is 4.90 Å². The van der Waals surface area contributed by atoms with Crippen LogP contribution >= 0.6 is 0 Å². The molecule has 0 radical (unpaired) electrons. The lowest BCUT2D eigenvalue weighted by molar-refractivity contribution is 0.0170. The Morgan fingerprint density at radius 1 is 1.32 bits per heavy atom. The lowest BCUT2D eigenvalue weighted by atomic mass is 10.0. The Hall–Kier alpha value is -1.40. The maximum Gasteiger partial charge on any atom is 0.258 e. The molecule has 4 nitrogen and oxygen atoms in total. The van der Waals surface area contributed by atoms with Gasteiger partial charge in [-0.1, -0.05) is 0 Å². The molecule has 1 heterocycles. The summed E-state index contributed by atoms with van der Waals surface area (Å²) in [5, 5.41) is 12.5. The number of nitrogens with zero attached hydrogens (tertiary/aromatic N) is 1. The third-order valence-electron chi connectivity index (χ3n) is 3.32. The van der Waals surface area contributed by atoms with Crippen molar-refractivity contribution >= 4 is 0 Å². The number of hydrogen-bond acceptors (Lipinski definition) is 4. The van der Waals surface area contributed by atoms with Crippen molar-refractivity contribution in [3.05, 3.63) is 23.8 Å². The molecule has 1 aromatic rings. The maximum atomic E-state index is 13.4. The number of hydrogen-bond donors (Lipinski definition) is 2. The summed E-state index contributed by atoms with van der Waals surface area (Å²) in [6, 6.07) is 3.28. The number of halogens is 2. The zero-order valence-electron chi connectivity index (χ0n) is 10.8. The molecule has 0 amide bonds. The van der Waals surface area contributed by atoms with E-state index in [-0.39, 0.29) is 5.75 Å². The number of benzene rings is 1.